The van der Waals surface area contributed by atoms with Crippen LogP contribution in [0.4, 0.5) is 4.79 Å². The van der Waals surface area contributed by atoms with Crippen LogP contribution >= 0.6 is 0 Å². The van der Waals surface area contributed by atoms with Crippen molar-refractivity contribution < 1.29 is 14.3 Å². The fraction of sp³-hybridized carbons (Fsp3) is 0.765. The van der Waals surface area contributed by atoms with Gasteiger partial charge in [0.15, 0.2) is 0 Å². The summed E-state index contributed by atoms with van der Waals surface area (Å²) in [5.74, 6) is 0.243. The Morgan fingerprint density at radius 1 is 1.05 bits per heavy atom. The summed E-state index contributed by atoms with van der Waals surface area (Å²) in [5.41, 5.74) is -0.484. The Labute approximate surface area is 132 Å². The first-order valence-electron chi connectivity index (χ1n) is 8.28. The number of allylic oxidation sites excluding steroid dienone is 2. The van der Waals surface area contributed by atoms with Crippen LogP contribution in [0.5, 0.6) is 0 Å². The Kier molecular flexibility index (Phi) is 5.48. The molecule has 2 atom stereocenters. The quantitative estimate of drug-likeness (QED) is 0.788. The lowest BCUT2D eigenvalue weighted by Crippen LogP contribution is -2.47. The van der Waals surface area contributed by atoms with Gasteiger partial charge >= 0.3 is 6.09 Å². The van der Waals surface area contributed by atoms with Crippen LogP contribution in [-0.4, -0.2) is 29.7 Å². The summed E-state index contributed by atoms with van der Waals surface area (Å²) in [5, 5.41) is 6.06. The lowest BCUT2D eigenvalue weighted by atomic mass is 9.90. The van der Waals surface area contributed by atoms with Crippen molar-refractivity contribution in [1.29, 1.82) is 0 Å². The van der Waals surface area contributed by atoms with Gasteiger partial charge in [-0.1, -0.05) is 12.2 Å². The van der Waals surface area contributed by atoms with Gasteiger partial charge < -0.3 is 15.4 Å². The van der Waals surface area contributed by atoms with E-state index >= 15 is 0 Å². The van der Waals surface area contributed by atoms with Crippen molar-refractivity contribution in [2.45, 2.75) is 77.0 Å². The van der Waals surface area contributed by atoms with Gasteiger partial charge in [-0.05, 0) is 59.3 Å². The van der Waals surface area contributed by atoms with Crippen molar-refractivity contribution in [2.24, 2.45) is 5.92 Å². The standard InChI is InChI=1S/C17H28N2O3/c1-17(2,3)22-16(21)19-14-10-6-9-13(11-14)18-15(20)12-7-4-5-8-12/h4-5,12-14H,6-11H2,1-3H3,(H,18,20)(H,19,21). The summed E-state index contributed by atoms with van der Waals surface area (Å²) in [4.78, 5) is 24.0. The van der Waals surface area contributed by atoms with Gasteiger partial charge in [-0.2, -0.15) is 0 Å². The van der Waals surface area contributed by atoms with Crippen molar-refractivity contribution >= 4 is 12.0 Å². The highest BCUT2D eigenvalue weighted by atomic mass is 16.6. The van der Waals surface area contributed by atoms with Crippen LogP contribution < -0.4 is 10.6 Å². The van der Waals surface area contributed by atoms with Gasteiger partial charge in [-0.3, -0.25) is 4.79 Å². The van der Waals surface area contributed by atoms with Gasteiger partial charge in [0, 0.05) is 18.0 Å². The van der Waals surface area contributed by atoms with Crippen LogP contribution in [-0.2, 0) is 9.53 Å². The van der Waals surface area contributed by atoms with Crippen molar-refractivity contribution in [3.05, 3.63) is 12.2 Å². The van der Waals surface area contributed by atoms with E-state index in [1.165, 1.54) is 0 Å². The molecule has 2 N–H and O–H groups in total. The first-order chi connectivity index (χ1) is 10.3. The molecule has 2 aliphatic carbocycles. The molecule has 1 fully saturated rings. The van der Waals surface area contributed by atoms with E-state index in [1.54, 1.807) is 0 Å². The fourth-order valence-corrected chi connectivity index (χ4v) is 3.08. The Bertz CT molecular complexity index is 432. The third-order valence-corrected chi connectivity index (χ3v) is 4.12. The normalized spacial score (nSPS) is 25.8. The molecule has 0 aromatic carbocycles. The molecule has 2 rings (SSSR count). The molecule has 124 valence electrons. The number of alkyl carbamates (subject to hydrolysis) is 1. The number of hydrogen-bond acceptors (Lipinski definition) is 3. The van der Waals surface area contributed by atoms with Gasteiger partial charge in [0.2, 0.25) is 5.91 Å². The van der Waals surface area contributed by atoms with Crippen LogP contribution in [0.2, 0.25) is 0 Å². The molecule has 0 heterocycles. The van der Waals surface area contributed by atoms with E-state index in [1.807, 2.05) is 20.8 Å². The third-order valence-electron chi connectivity index (χ3n) is 4.12. The van der Waals surface area contributed by atoms with E-state index in [0.717, 1.165) is 38.5 Å². The maximum Gasteiger partial charge on any atom is 0.407 e. The van der Waals surface area contributed by atoms with Crippen LogP contribution in [0.15, 0.2) is 12.2 Å². The summed E-state index contributed by atoms with van der Waals surface area (Å²) in [6.45, 7) is 5.56. The third kappa shape index (κ3) is 5.35. The summed E-state index contributed by atoms with van der Waals surface area (Å²) in [6.07, 6.45) is 9.17. The minimum Gasteiger partial charge on any atom is -0.444 e. The Morgan fingerprint density at radius 2 is 1.64 bits per heavy atom. The van der Waals surface area contributed by atoms with Crippen LogP contribution in [0.3, 0.4) is 0 Å². The average Bonchev–Trinajstić information content (AvgIpc) is 2.90. The second-order valence-corrected chi connectivity index (χ2v) is 7.36. The molecule has 0 radical (unpaired) electrons. The minimum atomic E-state index is -0.484. The lowest BCUT2D eigenvalue weighted by molar-refractivity contribution is -0.125. The van der Waals surface area contributed by atoms with E-state index in [2.05, 4.69) is 22.8 Å². The molecule has 2 amide bonds. The second kappa shape index (κ2) is 7.16. The SMILES string of the molecule is CC(C)(C)OC(=O)NC1CCCC(NC(=O)C2CC=CC2)C1. The highest BCUT2D eigenvalue weighted by Gasteiger charge is 2.28. The van der Waals surface area contributed by atoms with Gasteiger partial charge in [0.1, 0.15) is 5.60 Å². The zero-order chi connectivity index (χ0) is 16.2. The average molecular weight is 308 g/mol. The molecular formula is C17H28N2O3. The lowest BCUT2D eigenvalue weighted by Gasteiger charge is -2.31. The largest absolute Gasteiger partial charge is 0.444 e. The number of amides is 2. The molecule has 0 saturated heterocycles. The van der Waals surface area contributed by atoms with Gasteiger partial charge in [-0.15, -0.1) is 0 Å². The van der Waals surface area contributed by atoms with Crippen LogP contribution in [0.25, 0.3) is 0 Å². The molecule has 0 bridgehead atoms. The number of nitrogens with one attached hydrogen (secondary N) is 2. The summed E-state index contributed by atoms with van der Waals surface area (Å²) < 4.78 is 5.29. The maximum atomic E-state index is 12.2. The molecule has 0 aromatic rings. The van der Waals surface area contributed by atoms with Crippen molar-refractivity contribution in [2.75, 3.05) is 0 Å². The number of carbonyl (C=O) groups excluding carboxylic acids is 2. The molecule has 0 spiro atoms. The molecule has 0 aliphatic heterocycles. The van der Waals surface area contributed by atoms with Crippen molar-refractivity contribution in [3.63, 3.8) is 0 Å². The minimum absolute atomic E-state index is 0.0793. The van der Waals surface area contributed by atoms with Gasteiger partial charge in [0.05, 0.1) is 0 Å². The molecule has 5 nitrogen and oxygen atoms in total. The molecule has 2 aliphatic rings. The number of ether oxygens (including phenoxy) is 1. The van der Waals surface area contributed by atoms with E-state index in [9.17, 15) is 9.59 Å². The number of hydrogen-bond donors (Lipinski definition) is 2. The molecule has 0 aromatic heterocycles. The predicted octanol–water partition coefficient (Wildman–Crippen LogP) is 2.90. The molecule has 22 heavy (non-hydrogen) atoms. The Balaban J connectivity index is 1.76. The monoisotopic (exact) mass is 308 g/mol. The van der Waals surface area contributed by atoms with E-state index in [-0.39, 0.29) is 30.0 Å². The summed E-state index contributed by atoms with van der Waals surface area (Å²) >= 11 is 0. The zero-order valence-corrected chi connectivity index (χ0v) is 13.9. The van der Waals surface area contributed by atoms with E-state index < -0.39 is 5.60 Å². The molecule has 5 heteroatoms. The number of carbonyl (C=O) groups is 2. The Hall–Kier alpha value is -1.52. The smallest absolute Gasteiger partial charge is 0.407 e. The van der Waals surface area contributed by atoms with E-state index in [4.69, 9.17) is 4.74 Å². The zero-order valence-electron chi connectivity index (χ0n) is 13.9. The van der Waals surface area contributed by atoms with Crippen LogP contribution in [0.1, 0.15) is 59.3 Å². The Morgan fingerprint density at radius 3 is 2.23 bits per heavy atom. The molecule has 1 saturated carbocycles. The second-order valence-electron chi connectivity index (χ2n) is 7.36. The summed E-state index contributed by atoms with van der Waals surface area (Å²) in [7, 11) is 0. The molecular weight excluding hydrogens is 280 g/mol. The summed E-state index contributed by atoms with van der Waals surface area (Å²) in [6, 6.07) is 0.234. The number of rotatable bonds is 3. The molecule has 2 unspecified atom stereocenters. The first-order valence-corrected chi connectivity index (χ1v) is 8.28. The van der Waals surface area contributed by atoms with Gasteiger partial charge in [0.25, 0.3) is 0 Å². The van der Waals surface area contributed by atoms with Gasteiger partial charge in [-0.25, -0.2) is 4.79 Å². The van der Waals surface area contributed by atoms with Crippen molar-refractivity contribution in [1.82, 2.24) is 10.6 Å². The first kappa shape index (κ1) is 16.8. The van der Waals surface area contributed by atoms with Crippen LogP contribution in [0, 0.1) is 5.92 Å². The van der Waals surface area contributed by atoms with E-state index in [0.29, 0.717) is 0 Å². The fourth-order valence-electron chi connectivity index (χ4n) is 3.08. The predicted molar refractivity (Wildman–Crippen MR) is 85.4 cm³/mol. The topological polar surface area (TPSA) is 67.4 Å². The highest BCUT2D eigenvalue weighted by Crippen LogP contribution is 2.22. The maximum absolute atomic E-state index is 12.2. The highest BCUT2D eigenvalue weighted by molar-refractivity contribution is 5.79. The van der Waals surface area contributed by atoms with Crippen molar-refractivity contribution in [3.8, 4) is 0 Å².